The molecule has 0 radical (unpaired) electrons. The Hall–Kier alpha value is -2.67. The van der Waals surface area contributed by atoms with Crippen molar-refractivity contribution in [2.45, 2.75) is 0 Å². The molecule has 0 aliphatic carbocycles. The van der Waals surface area contributed by atoms with Gasteiger partial charge in [-0.1, -0.05) is 0 Å². The summed E-state index contributed by atoms with van der Waals surface area (Å²) in [6.45, 7) is 0. The van der Waals surface area contributed by atoms with Crippen LogP contribution in [0.3, 0.4) is 0 Å². The lowest BCUT2D eigenvalue weighted by Crippen LogP contribution is -1.80. The van der Waals surface area contributed by atoms with E-state index in [0.29, 0.717) is 5.69 Å². The molecular formula is C13H8N4. The highest BCUT2D eigenvalue weighted by atomic mass is 14.8. The van der Waals surface area contributed by atoms with Crippen molar-refractivity contribution in [1.82, 2.24) is 15.0 Å². The normalized spacial score (nSPS) is 10.3. The zero-order valence-corrected chi connectivity index (χ0v) is 8.88. The molecule has 0 fully saturated rings. The van der Waals surface area contributed by atoms with Crippen molar-refractivity contribution in [1.29, 1.82) is 5.26 Å². The number of nitrogens with one attached hydrogen (secondary N) is 1. The van der Waals surface area contributed by atoms with Crippen molar-refractivity contribution in [2.24, 2.45) is 0 Å². The SMILES string of the molecule is N#Cc1ccc2[nH]c(-c3ccncc3)cc2n1. The van der Waals surface area contributed by atoms with E-state index in [-0.39, 0.29) is 0 Å². The van der Waals surface area contributed by atoms with Crippen molar-refractivity contribution in [2.75, 3.05) is 0 Å². The highest BCUT2D eigenvalue weighted by Gasteiger charge is 2.04. The first-order valence-corrected chi connectivity index (χ1v) is 5.17. The van der Waals surface area contributed by atoms with Crippen molar-refractivity contribution < 1.29 is 0 Å². The predicted molar refractivity (Wildman–Crippen MR) is 64.0 cm³/mol. The monoisotopic (exact) mass is 220 g/mol. The second-order valence-corrected chi connectivity index (χ2v) is 3.66. The third-order valence-corrected chi connectivity index (χ3v) is 2.58. The topological polar surface area (TPSA) is 65.4 Å². The Bertz CT molecular complexity index is 707. The molecule has 0 bridgehead atoms. The summed E-state index contributed by atoms with van der Waals surface area (Å²) < 4.78 is 0. The zero-order valence-electron chi connectivity index (χ0n) is 8.88. The molecule has 4 nitrogen and oxygen atoms in total. The predicted octanol–water partition coefficient (Wildman–Crippen LogP) is 2.50. The molecule has 4 heteroatoms. The van der Waals surface area contributed by atoms with Gasteiger partial charge in [-0.2, -0.15) is 5.26 Å². The summed E-state index contributed by atoms with van der Waals surface area (Å²) in [6.07, 6.45) is 3.49. The largest absolute Gasteiger partial charge is 0.353 e. The molecule has 0 aliphatic heterocycles. The van der Waals surface area contributed by atoms with Crippen LogP contribution in [-0.2, 0) is 0 Å². The van der Waals surface area contributed by atoms with Gasteiger partial charge in [0.05, 0.1) is 11.0 Å². The summed E-state index contributed by atoms with van der Waals surface area (Å²) in [5, 5.41) is 8.79. The van der Waals surface area contributed by atoms with Crippen LogP contribution < -0.4 is 0 Å². The van der Waals surface area contributed by atoms with Crippen LogP contribution in [0.2, 0.25) is 0 Å². The standard InChI is InChI=1S/C13H8N4/c14-8-10-1-2-11-13(16-10)7-12(17-11)9-3-5-15-6-4-9/h1-7,17H. The fraction of sp³-hybridized carbons (Fsp3) is 0. The summed E-state index contributed by atoms with van der Waals surface area (Å²) in [4.78, 5) is 11.5. The number of nitriles is 1. The van der Waals surface area contributed by atoms with Gasteiger partial charge in [0.25, 0.3) is 0 Å². The van der Waals surface area contributed by atoms with Gasteiger partial charge in [0.1, 0.15) is 11.8 Å². The van der Waals surface area contributed by atoms with Crippen molar-refractivity contribution in [3.63, 3.8) is 0 Å². The number of hydrogen-bond donors (Lipinski definition) is 1. The minimum Gasteiger partial charge on any atom is -0.353 e. The third kappa shape index (κ3) is 1.64. The minimum absolute atomic E-state index is 0.428. The number of aromatic amines is 1. The summed E-state index contributed by atoms with van der Waals surface area (Å²) in [5.41, 5.74) is 4.19. The second kappa shape index (κ2) is 3.72. The molecule has 3 heterocycles. The number of rotatable bonds is 1. The lowest BCUT2D eigenvalue weighted by atomic mass is 10.2. The summed E-state index contributed by atoms with van der Waals surface area (Å²) in [6, 6.07) is 11.4. The van der Waals surface area contributed by atoms with Gasteiger partial charge in [0, 0.05) is 23.7 Å². The molecular weight excluding hydrogens is 212 g/mol. The molecule has 80 valence electrons. The fourth-order valence-electron chi connectivity index (χ4n) is 1.76. The van der Waals surface area contributed by atoms with Gasteiger partial charge in [-0.3, -0.25) is 4.98 Å². The number of nitrogens with zero attached hydrogens (tertiary/aromatic N) is 3. The average molecular weight is 220 g/mol. The molecule has 0 spiro atoms. The molecule has 3 aromatic rings. The summed E-state index contributed by atoms with van der Waals surface area (Å²) >= 11 is 0. The van der Waals surface area contributed by atoms with Gasteiger partial charge in [-0.05, 0) is 30.3 Å². The molecule has 0 aromatic carbocycles. The maximum atomic E-state index is 8.79. The number of pyridine rings is 2. The number of H-pyrrole nitrogens is 1. The van der Waals surface area contributed by atoms with E-state index in [9.17, 15) is 0 Å². The average Bonchev–Trinajstić information content (AvgIpc) is 2.82. The Morgan fingerprint density at radius 1 is 1.12 bits per heavy atom. The first-order valence-electron chi connectivity index (χ1n) is 5.17. The smallest absolute Gasteiger partial charge is 0.141 e. The van der Waals surface area contributed by atoms with Crippen molar-refractivity contribution in [3.05, 3.63) is 48.4 Å². The lowest BCUT2D eigenvalue weighted by molar-refractivity contribution is 1.32. The first-order chi connectivity index (χ1) is 8.36. The summed E-state index contributed by atoms with van der Waals surface area (Å²) in [5.74, 6) is 0. The van der Waals surface area contributed by atoms with E-state index in [1.54, 1.807) is 18.5 Å². The second-order valence-electron chi connectivity index (χ2n) is 3.66. The molecule has 17 heavy (non-hydrogen) atoms. The molecule has 0 aliphatic rings. The fourth-order valence-corrected chi connectivity index (χ4v) is 1.76. The molecule has 3 aromatic heterocycles. The highest BCUT2D eigenvalue weighted by molar-refractivity contribution is 5.82. The Balaban J connectivity index is 2.18. The highest BCUT2D eigenvalue weighted by Crippen LogP contribution is 2.22. The van der Waals surface area contributed by atoms with Crippen LogP contribution >= 0.6 is 0 Å². The van der Waals surface area contributed by atoms with Crippen LogP contribution in [0.4, 0.5) is 0 Å². The van der Waals surface area contributed by atoms with Gasteiger partial charge in [-0.25, -0.2) is 4.98 Å². The van der Waals surface area contributed by atoms with E-state index in [4.69, 9.17) is 5.26 Å². The van der Waals surface area contributed by atoms with Crippen LogP contribution in [0.15, 0.2) is 42.7 Å². The van der Waals surface area contributed by atoms with Gasteiger partial charge in [0.15, 0.2) is 0 Å². The molecule has 0 atom stereocenters. The van der Waals surface area contributed by atoms with Crippen LogP contribution in [0.1, 0.15) is 5.69 Å². The number of fused-ring (bicyclic) bond motifs is 1. The Morgan fingerprint density at radius 3 is 2.71 bits per heavy atom. The zero-order chi connectivity index (χ0) is 11.7. The molecule has 0 saturated heterocycles. The maximum absolute atomic E-state index is 8.79. The van der Waals surface area contributed by atoms with E-state index in [2.05, 4.69) is 15.0 Å². The van der Waals surface area contributed by atoms with Crippen LogP contribution in [0.25, 0.3) is 22.3 Å². The molecule has 3 rings (SSSR count). The van der Waals surface area contributed by atoms with E-state index >= 15 is 0 Å². The number of hydrogen-bond acceptors (Lipinski definition) is 3. The Labute approximate surface area is 97.6 Å². The van der Waals surface area contributed by atoms with E-state index in [1.807, 2.05) is 30.3 Å². The van der Waals surface area contributed by atoms with Gasteiger partial charge < -0.3 is 4.98 Å². The third-order valence-electron chi connectivity index (χ3n) is 2.58. The van der Waals surface area contributed by atoms with E-state index in [0.717, 1.165) is 22.3 Å². The molecule has 0 amide bonds. The Kier molecular flexibility index (Phi) is 2.09. The van der Waals surface area contributed by atoms with Crippen molar-refractivity contribution >= 4 is 11.0 Å². The van der Waals surface area contributed by atoms with Gasteiger partial charge >= 0.3 is 0 Å². The van der Waals surface area contributed by atoms with Gasteiger partial charge in [-0.15, -0.1) is 0 Å². The molecule has 0 saturated carbocycles. The van der Waals surface area contributed by atoms with E-state index in [1.165, 1.54) is 0 Å². The number of aromatic nitrogens is 3. The Morgan fingerprint density at radius 2 is 1.94 bits per heavy atom. The van der Waals surface area contributed by atoms with Crippen LogP contribution in [-0.4, -0.2) is 15.0 Å². The maximum Gasteiger partial charge on any atom is 0.141 e. The van der Waals surface area contributed by atoms with Crippen LogP contribution in [0.5, 0.6) is 0 Å². The van der Waals surface area contributed by atoms with Gasteiger partial charge in [0.2, 0.25) is 0 Å². The van der Waals surface area contributed by atoms with Crippen molar-refractivity contribution in [3.8, 4) is 17.3 Å². The molecule has 1 N–H and O–H groups in total. The minimum atomic E-state index is 0.428. The molecule has 0 unspecified atom stereocenters. The van der Waals surface area contributed by atoms with Crippen LogP contribution in [0, 0.1) is 11.3 Å². The summed E-state index contributed by atoms with van der Waals surface area (Å²) in [7, 11) is 0. The quantitative estimate of drug-likeness (QED) is 0.685. The lowest BCUT2D eigenvalue weighted by Gasteiger charge is -1.94. The van der Waals surface area contributed by atoms with E-state index < -0.39 is 0 Å². The first kappa shape index (κ1) is 9.55.